The van der Waals surface area contributed by atoms with Gasteiger partial charge in [0, 0.05) is 12.8 Å². The molecule has 0 radical (unpaired) electrons. The van der Waals surface area contributed by atoms with Gasteiger partial charge in [-0.3, -0.25) is 14.2 Å². The molecule has 0 bridgehead atoms. The van der Waals surface area contributed by atoms with E-state index in [2.05, 4.69) is 50.3 Å². The third-order valence-corrected chi connectivity index (χ3v) is 11.6. The van der Waals surface area contributed by atoms with Crippen molar-refractivity contribution < 1.29 is 42.1 Å². The van der Waals surface area contributed by atoms with Crippen LogP contribution < -0.4 is 4.89 Å². The molecule has 10 heteroatoms. The van der Waals surface area contributed by atoms with Crippen LogP contribution in [0.5, 0.6) is 0 Å². The van der Waals surface area contributed by atoms with Crippen LogP contribution in [-0.2, 0) is 32.7 Å². The SMILES string of the molecule is CCCCC/C=C\C/C=C\C/C=C\CCCCCCCCC(=O)OC(COC(=O)CCCCCCCCCCCCCCCCCCC)COP(=O)([O-])OCC[N+](C)(C)C. The third kappa shape index (κ3) is 45.7. The summed E-state index contributed by atoms with van der Waals surface area (Å²) in [5, 5.41) is 0. The summed E-state index contributed by atoms with van der Waals surface area (Å²) in [5.41, 5.74) is 0. The molecule has 0 fully saturated rings. The highest BCUT2D eigenvalue weighted by Crippen LogP contribution is 2.38. The average Bonchev–Trinajstić information content (AvgIpc) is 3.20. The van der Waals surface area contributed by atoms with Crippen molar-refractivity contribution in [1.82, 2.24) is 0 Å². The van der Waals surface area contributed by atoms with Gasteiger partial charge in [0.25, 0.3) is 7.82 Å². The number of ether oxygens (including phenoxy) is 2. The van der Waals surface area contributed by atoms with Crippen molar-refractivity contribution in [3.05, 3.63) is 36.5 Å². The largest absolute Gasteiger partial charge is 0.756 e. The van der Waals surface area contributed by atoms with Gasteiger partial charge < -0.3 is 27.9 Å². The molecule has 0 aliphatic rings. The van der Waals surface area contributed by atoms with Crippen molar-refractivity contribution in [3.8, 4) is 0 Å². The summed E-state index contributed by atoms with van der Waals surface area (Å²) >= 11 is 0. The van der Waals surface area contributed by atoms with Crippen LogP contribution in [0.4, 0.5) is 0 Å². The van der Waals surface area contributed by atoms with E-state index in [1.165, 1.54) is 116 Å². The van der Waals surface area contributed by atoms with Gasteiger partial charge in [0.1, 0.15) is 19.8 Å². The maximum atomic E-state index is 12.7. The molecule has 0 heterocycles. The van der Waals surface area contributed by atoms with Gasteiger partial charge in [-0.05, 0) is 51.4 Å². The number of rotatable bonds is 45. The fourth-order valence-electron chi connectivity index (χ4n) is 6.78. The second-order valence-electron chi connectivity index (χ2n) is 17.8. The van der Waals surface area contributed by atoms with E-state index >= 15 is 0 Å². The van der Waals surface area contributed by atoms with Crippen molar-refractivity contribution in [2.45, 2.75) is 225 Å². The summed E-state index contributed by atoms with van der Waals surface area (Å²) in [7, 11) is 1.16. The Bertz CT molecular complexity index is 1120. The monoisotopic (exact) mass is 868 g/mol. The quantitative estimate of drug-likeness (QED) is 0.0196. The number of quaternary nitrogens is 1. The van der Waals surface area contributed by atoms with Crippen LogP contribution in [0, 0.1) is 0 Å². The predicted molar refractivity (Wildman–Crippen MR) is 250 cm³/mol. The topological polar surface area (TPSA) is 111 Å². The normalized spacial score (nSPS) is 13.8. The van der Waals surface area contributed by atoms with E-state index in [9.17, 15) is 19.0 Å². The molecule has 352 valence electrons. The predicted octanol–water partition coefficient (Wildman–Crippen LogP) is 13.8. The van der Waals surface area contributed by atoms with E-state index in [0.29, 0.717) is 17.4 Å². The Hall–Kier alpha value is -1.77. The van der Waals surface area contributed by atoms with Crippen LogP contribution in [0.25, 0.3) is 0 Å². The molecule has 0 aromatic heterocycles. The van der Waals surface area contributed by atoms with Crippen molar-refractivity contribution in [1.29, 1.82) is 0 Å². The molecule has 0 rings (SSSR count). The summed E-state index contributed by atoms with van der Waals surface area (Å²) in [6, 6.07) is 0. The fourth-order valence-corrected chi connectivity index (χ4v) is 7.51. The Morgan fingerprint density at radius 3 is 1.37 bits per heavy atom. The number of esters is 2. The number of carbonyl (C=O) groups excluding carboxylic acids is 2. The highest BCUT2D eigenvalue weighted by atomic mass is 31.2. The highest BCUT2D eigenvalue weighted by molar-refractivity contribution is 7.45. The first-order valence-electron chi connectivity index (χ1n) is 24.7. The summed E-state index contributed by atoms with van der Waals surface area (Å²) in [4.78, 5) is 37.7. The zero-order valence-corrected chi connectivity index (χ0v) is 40.6. The molecule has 0 amide bonds. The molecule has 0 aliphatic carbocycles. The first kappa shape index (κ1) is 58.2. The Kier molecular flexibility index (Phi) is 41.3. The van der Waals surface area contributed by atoms with Gasteiger partial charge in [0.05, 0.1) is 27.7 Å². The van der Waals surface area contributed by atoms with Gasteiger partial charge in [-0.2, -0.15) is 0 Å². The number of carbonyl (C=O) groups is 2. The van der Waals surface area contributed by atoms with E-state index in [4.69, 9.17) is 18.5 Å². The second kappa shape index (κ2) is 42.5. The number of phosphoric ester groups is 1. The van der Waals surface area contributed by atoms with E-state index < -0.39 is 26.5 Å². The van der Waals surface area contributed by atoms with Crippen molar-refractivity contribution in [2.24, 2.45) is 0 Å². The molecule has 0 aromatic rings. The van der Waals surface area contributed by atoms with Crippen LogP contribution >= 0.6 is 7.82 Å². The lowest BCUT2D eigenvalue weighted by molar-refractivity contribution is -0.870. The lowest BCUT2D eigenvalue weighted by Gasteiger charge is -2.28. The highest BCUT2D eigenvalue weighted by Gasteiger charge is 2.21. The lowest BCUT2D eigenvalue weighted by atomic mass is 10.0. The maximum absolute atomic E-state index is 12.7. The minimum atomic E-state index is -4.63. The molecule has 9 nitrogen and oxygen atoms in total. The molecular weight excluding hydrogens is 774 g/mol. The second-order valence-corrected chi connectivity index (χ2v) is 19.2. The number of nitrogens with zero attached hydrogens (tertiary/aromatic N) is 1. The van der Waals surface area contributed by atoms with E-state index in [1.54, 1.807) is 0 Å². The molecule has 0 spiro atoms. The standard InChI is InChI=1S/C50H94NO8P/c1-6-8-10-12-14-16-18-20-22-24-25-27-29-31-33-35-37-39-41-43-50(53)59-48(47-58-60(54,55)57-45-44-51(3,4)5)46-56-49(52)42-40-38-36-34-32-30-28-26-23-21-19-17-15-13-11-9-7-2/h14,16,20,22,25,27,48H,6-13,15,17-19,21,23-24,26,28-47H2,1-5H3/b16-14-,22-20-,27-25-. The van der Waals surface area contributed by atoms with Gasteiger partial charge in [-0.15, -0.1) is 0 Å². The van der Waals surface area contributed by atoms with Gasteiger partial charge >= 0.3 is 11.9 Å². The molecule has 0 saturated heterocycles. The molecular formula is C50H94NO8P. The number of unbranched alkanes of at least 4 members (excludes halogenated alkanes) is 25. The van der Waals surface area contributed by atoms with Crippen molar-refractivity contribution in [2.75, 3.05) is 47.5 Å². The van der Waals surface area contributed by atoms with Gasteiger partial charge in [0.15, 0.2) is 6.10 Å². The lowest BCUT2D eigenvalue weighted by Crippen LogP contribution is -2.37. The van der Waals surface area contributed by atoms with Gasteiger partial charge in [0.2, 0.25) is 0 Å². The first-order valence-corrected chi connectivity index (χ1v) is 26.2. The number of allylic oxidation sites excluding steroid dienone is 6. The third-order valence-electron chi connectivity index (χ3n) is 10.7. The maximum Gasteiger partial charge on any atom is 0.306 e. The zero-order valence-electron chi connectivity index (χ0n) is 39.7. The van der Waals surface area contributed by atoms with Gasteiger partial charge in [-0.25, -0.2) is 0 Å². The Labute approximate surface area is 370 Å². The van der Waals surface area contributed by atoms with E-state index in [-0.39, 0.29) is 32.0 Å². The van der Waals surface area contributed by atoms with E-state index in [1.807, 2.05) is 21.1 Å². The number of phosphoric acid groups is 1. The Morgan fingerprint density at radius 1 is 0.517 bits per heavy atom. The smallest absolute Gasteiger partial charge is 0.306 e. The number of hydrogen-bond donors (Lipinski definition) is 0. The number of hydrogen-bond acceptors (Lipinski definition) is 8. The summed E-state index contributed by atoms with van der Waals surface area (Å²) in [5.74, 6) is -0.841. The summed E-state index contributed by atoms with van der Waals surface area (Å²) < 4.78 is 34.0. The molecule has 0 aromatic carbocycles. The Morgan fingerprint density at radius 2 is 0.900 bits per heavy atom. The molecule has 60 heavy (non-hydrogen) atoms. The molecule has 0 N–H and O–H groups in total. The zero-order chi connectivity index (χ0) is 44.3. The minimum Gasteiger partial charge on any atom is -0.756 e. The first-order chi connectivity index (χ1) is 29.0. The van der Waals surface area contributed by atoms with Gasteiger partial charge in [-0.1, -0.05) is 192 Å². The fraction of sp³-hybridized carbons (Fsp3) is 0.840. The van der Waals surface area contributed by atoms with Crippen LogP contribution in [0.1, 0.15) is 219 Å². The van der Waals surface area contributed by atoms with Crippen molar-refractivity contribution in [3.63, 3.8) is 0 Å². The van der Waals surface area contributed by atoms with Crippen LogP contribution in [0.3, 0.4) is 0 Å². The molecule has 0 aliphatic heterocycles. The average molecular weight is 868 g/mol. The number of likely N-dealkylation sites (N-methyl/N-ethyl adjacent to an activating group) is 1. The molecule has 2 atom stereocenters. The Balaban J connectivity index is 4.30. The van der Waals surface area contributed by atoms with Crippen LogP contribution in [0.15, 0.2) is 36.5 Å². The summed E-state index contributed by atoms with van der Waals surface area (Å²) in [6.07, 6.45) is 48.8. The van der Waals surface area contributed by atoms with Crippen LogP contribution in [-0.4, -0.2) is 70.0 Å². The molecule has 0 saturated carbocycles. The minimum absolute atomic E-state index is 0.0328. The van der Waals surface area contributed by atoms with Crippen molar-refractivity contribution >= 4 is 19.8 Å². The molecule has 2 unspecified atom stereocenters. The summed E-state index contributed by atoms with van der Waals surface area (Å²) in [6.45, 7) is 4.21. The van der Waals surface area contributed by atoms with Crippen LogP contribution in [0.2, 0.25) is 0 Å². The van der Waals surface area contributed by atoms with E-state index in [0.717, 1.165) is 70.6 Å².